The predicted molar refractivity (Wildman–Crippen MR) is 138 cm³/mol. The van der Waals surface area contributed by atoms with E-state index in [-0.39, 0.29) is 0 Å². The lowest BCUT2D eigenvalue weighted by atomic mass is 9.69. The van der Waals surface area contributed by atoms with Crippen molar-refractivity contribution in [3.63, 3.8) is 0 Å². The van der Waals surface area contributed by atoms with Crippen LogP contribution in [0.2, 0.25) is 0 Å². The molecule has 0 bridgehead atoms. The van der Waals surface area contributed by atoms with Crippen molar-refractivity contribution in [3.8, 4) is 33.4 Å². The van der Waals surface area contributed by atoms with Gasteiger partial charge in [0.1, 0.15) is 0 Å². The molecule has 0 saturated heterocycles. The molecule has 0 saturated carbocycles. The molecule has 3 heteroatoms. The third kappa shape index (κ3) is 2.38. The molecule has 2 N–H and O–H groups in total. The second-order valence-electron chi connectivity index (χ2n) is 9.11. The minimum Gasteiger partial charge on any atom is -0.423 e. The number of rotatable bonds is 2. The summed E-state index contributed by atoms with van der Waals surface area (Å²) in [5.74, 6) is 0. The van der Waals surface area contributed by atoms with Crippen LogP contribution in [0.3, 0.4) is 0 Å². The molecule has 1 spiro atoms. The summed E-state index contributed by atoms with van der Waals surface area (Å²) < 4.78 is 0. The Morgan fingerprint density at radius 3 is 1.71 bits per heavy atom. The third-order valence-electron chi connectivity index (χ3n) is 7.52. The highest BCUT2D eigenvalue weighted by atomic mass is 16.4. The van der Waals surface area contributed by atoms with E-state index in [1.54, 1.807) is 0 Å². The summed E-state index contributed by atoms with van der Waals surface area (Å²) in [6.45, 7) is 0. The molecule has 0 aliphatic heterocycles. The first-order chi connectivity index (χ1) is 16.7. The Morgan fingerprint density at radius 2 is 1.03 bits per heavy atom. The van der Waals surface area contributed by atoms with Crippen molar-refractivity contribution in [3.05, 3.63) is 138 Å². The van der Waals surface area contributed by atoms with Crippen LogP contribution < -0.4 is 5.46 Å². The Morgan fingerprint density at radius 1 is 0.471 bits per heavy atom. The molecule has 0 amide bonds. The standard InChI is InChI=1S/C31H21BO2/c33-32(34)21-17-18-28-25(19-21)30-22(20-9-2-1-3-10-20)13-8-16-29(30)31(28)26-14-6-4-11-23(26)24-12-5-7-15-27(24)31/h1-19,33-34H. The SMILES string of the molecule is OB(O)c1ccc2c(c1)-c1c(-c3ccccc3)cccc1C21c2ccccc2-c2ccccc21. The van der Waals surface area contributed by atoms with Gasteiger partial charge in [0.25, 0.3) is 0 Å². The summed E-state index contributed by atoms with van der Waals surface area (Å²) in [7, 11) is -1.52. The zero-order valence-corrected chi connectivity index (χ0v) is 18.4. The van der Waals surface area contributed by atoms with Crippen LogP contribution in [0.15, 0.2) is 115 Å². The van der Waals surface area contributed by atoms with Crippen LogP contribution in [0.25, 0.3) is 33.4 Å². The van der Waals surface area contributed by atoms with Gasteiger partial charge in [0.2, 0.25) is 0 Å². The van der Waals surface area contributed by atoms with Crippen molar-refractivity contribution in [1.29, 1.82) is 0 Å². The molecule has 7 rings (SSSR count). The van der Waals surface area contributed by atoms with Crippen LogP contribution in [0.5, 0.6) is 0 Å². The summed E-state index contributed by atoms with van der Waals surface area (Å²) in [5, 5.41) is 20.0. The number of fused-ring (bicyclic) bond motifs is 10. The second kappa shape index (κ2) is 7.04. The van der Waals surface area contributed by atoms with Crippen molar-refractivity contribution in [2.45, 2.75) is 5.41 Å². The van der Waals surface area contributed by atoms with Gasteiger partial charge < -0.3 is 10.0 Å². The van der Waals surface area contributed by atoms with Crippen molar-refractivity contribution in [2.24, 2.45) is 0 Å². The van der Waals surface area contributed by atoms with Gasteiger partial charge in [-0.2, -0.15) is 0 Å². The molecule has 160 valence electrons. The highest BCUT2D eigenvalue weighted by Gasteiger charge is 2.52. The van der Waals surface area contributed by atoms with Gasteiger partial charge in [-0.25, -0.2) is 0 Å². The number of hydrogen-bond donors (Lipinski definition) is 2. The zero-order valence-electron chi connectivity index (χ0n) is 18.4. The van der Waals surface area contributed by atoms with Gasteiger partial charge in [0.05, 0.1) is 5.41 Å². The predicted octanol–water partition coefficient (Wildman–Crippen LogP) is 5.38. The molecular weight excluding hydrogens is 415 g/mol. The molecule has 5 aromatic rings. The fraction of sp³-hybridized carbons (Fsp3) is 0.0323. The molecule has 34 heavy (non-hydrogen) atoms. The highest BCUT2D eigenvalue weighted by molar-refractivity contribution is 6.58. The van der Waals surface area contributed by atoms with Gasteiger partial charge in [0.15, 0.2) is 0 Å². The van der Waals surface area contributed by atoms with E-state index in [4.69, 9.17) is 0 Å². The van der Waals surface area contributed by atoms with E-state index in [0.717, 1.165) is 22.3 Å². The molecule has 0 radical (unpaired) electrons. The zero-order chi connectivity index (χ0) is 22.9. The Kier molecular flexibility index (Phi) is 4.05. The summed E-state index contributed by atoms with van der Waals surface area (Å²) in [5.41, 5.74) is 12.1. The molecule has 2 aliphatic rings. The Labute approximate surface area is 198 Å². The quantitative estimate of drug-likeness (QED) is 0.358. The topological polar surface area (TPSA) is 40.5 Å². The van der Waals surface area contributed by atoms with Crippen LogP contribution in [0.1, 0.15) is 22.3 Å². The fourth-order valence-electron chi connectivity index (χ4n) is 6.23. The van der Waals surface area contributed by atoms with Gasteiger partial charge in [-0.1, -0.05) is 115 Å². The molecule has 5 aromatic carbocycles. The average Bonchev–Trinajstić information content (AvgIpc) is 3.36. The fourth-order valence-corrected chi connectivity index (χ4v) is 6.23. The van der Waals surface area contributed by atoms with Crippen molar-refractivity contribution >= 4 is 12.6 Å². The number of hydrogen-bond acceptors (Lipinski definition) is 2. The Hall–Kier alpha value is -3.92. The smallest absolute Gasteiger partial charge is 0.423 e. The van der Waals surface area contributed by atoms with Gasteiger partial charge >= 0.3 is 7.12 Å². The second-order valence-corrected chi connectivity index (χ2v) is 9.11. The molecule has 0 aromatic heterocycles. The van der Waals surface area contributed by atoms with Gasteiger partial charge in [-0.05, 0) is 61.1 Å². The molecule has 0 fully saturated rings. The molecule has 2 nitrogen and oxygen atoms in total. The first-order valence-corrected chi connectivity index (χ1v) is 11.6. The molecule has 0 unspecified atom stereocenters. The van der Waals surface area contributed by atoms with E-state index in [2.05, 4.69) is 97.1 Å². The van der Waals surface area contributed by atoms with E-state index in [9.17, 15) is 10.0 Å². The maximum Gasteiger partial charge on any atom is 0.488 e. The van der Waals surface area contributed by atoms with Crippen LogP contribution in [0, 0.1) is 0 Å². The molecule has 0 atom stereocenters. The third-order valence-corrected chi connectivity index (χ3v) is 7.52. The normalized spacial score (nSPS) is 13.8. The van der Waals surface area contributed by atoms with Gasteiger partial charge in [-0.3, -0.25) is 0 Å². The van der Waals surface area contributed by atoms with Crippen LogP contribution >= 0.6 is 0 Å². The lowest BCUT2D eigenvalue weighted by molar-refractivity contribution is 0.426. The lowest BCUT2D eigenvalue weighted by Crippen LogP contribution is -2.31. The molecule has 2 aliphatic carbocycles. The van der Waals surface area contributed by atoms with Crippen LogP contribution in [0.4, 0.5) is 0 Å². The lowest BCUT2D eigenvalue weighted by Gasteiger charge is -2.30. The van der Waals surface area contributed by atoms with Gasteiger partial charge in [-0.15, -0.1) is 0 Å². The monoisotopic (exact) mass is 436 g/mol. The minimum atomic E-state index is -1.52. The number of benzene rings is 5. The van der Waals surface area contributed by atoms with Gasteiger partial charge in [0, 0.05) is 0 Å². The maximum atomic E-state index is 10.0. The van der Waals surface area contributed by atoms with E-state index >= 15 is 0 Å². The van der Waals surface area contributed by atoms with E-state index in [0.29, 0.717) is 5.46 Å². The first kappa shape index (κ1) is 19.5. The summed E-state index contributed by atoms with van der Waals surface area (Å²) >= 11 is 0. The van der Waals surface area contributed by atoms with E-state index < -0.39 is 12.5 Å². The van der Waals surface area contributed by atoms with Crippen LogP contribution in [-0.2, 0) is 5.41 Å². The van der Waals surface area contributed by atoms with Crippen molar-refractivity contribution in [1.82, 2.24) is 0 Å². The van der Waals surface area contributed by atoms with Crippen molar-refractivity contribution < 1.29 is 10.0 Å². The van der Waals surface area contributed by atoms with Crippen LogP contribution in [-0.4, -0.2) is 17.2 Å². The summed E-state index contributed by atoms with van der Waals surface area (Å²) in [4.78, 5) is 0. The van der Waals surface area contributed by atoms with E-state index in [1.807, 2.05) is 18.2 Å². The van der Waals surface area contributed by atoms with E-state index in [1.165, 1.54) is 33.4 Å². The minimum absolute atomic E-state index is 0.443. The highest BCUT2D eigenvalue weighted by Crippen LogP contribution is 2.63. The summed E-state index contributed by atoms with van der Waals surface area (Å²) in [6, 6.07) is 40.3. The largest absolute Gasteiger partial charge is 0.488 e. The van der Waals surface area contributed by atoms with Crippen molar-refractivity contribution in [2.75, 3.05) is 0 Å². The molecular formula is C31H21BO2. The Bertz CT molecular complexity index is 1540. The average molecular weight is 436 g/mol. The molecule has 0 heterocycles. The Balaban J connectivity index is 1.67. The first-order valence-electron chi connectivity index (χ1n) is 11.6. The maximum absolute atomic E-state index is 10.0. The summed E-state index contributed by atoms with van der Waals surface area (Å²) in [6.07, 6.45) is 0.